The molecule has 0 fully saturated rings. The van der Waals surface area contributed by atoms with Crippen LogP contribution in [0.5, 0.6) is 5.88 Å². The third-order valence-electron chi connectivity index (χ3n) is 6.26. The average molecular weight is 526 g/mol. The third kappa shape index (κ3) is 5.77. The lowest BCUT2D eigenvalue weighted by atomic mass is 9.79. The zero-order valence-corrected chi connectivity index (χ0v) is 21.7. The van der Waals surface area contributed by atoms with Gasteiger partial charge in [0.05, 0.1) is 29.7 Å². The maximum absolute atomic E-state index is 14.2. The van der Waals surface area contributed by atoms with Crippen molar-refractivity contribution < 1.29 is 27.4 Å². The number of benzene rings is 2. The fraction of sp³-hybridized carbons (Fsp3) is 0.310. The summed E-state index contributed by atoms with van der Waals surface area (Å²) in [7, 11) is 1.87. The molecule has 1 aliphatic rings. The Bertz CT molecular complexity index is 1320. The quantitative estimate of drug-likeness (QED) is 0.344. The Morgan fingerprint density at radius 3 is 2.45 bits per heavy atom. The maximum atomic E-state index is 14.2. The number of nitrogens with zero attached hydrogens (tertiary/aromatic N) is 2. The third-order valence-corrected chi connectivity index (χ3v) is 6.26. The van der Waals surface area contributed by atoms with Gasteiger partial charge in [-0.1, -0.05) is 36.4 Å². The van der Waals surface area contributed by atoms with Crippen molar-refractivity contribution in [3.63, 3.8) is 0 Å². The SMILES string of the molecule is CC1=C(C(=O)OCCN(C)c2ccccc2)C(c2ccccc2C(F)(F)F)c2c(ccnc2OC(C)C)N1. The molecule has 0 amide bonds. The van der Waals surface area contributed by atoms with Crippen molar-refractivity contribution in [3.8, 4) is 5.88 Å². The first-order valence-electron chi connectivity index (χ1n) is 12.3. The van der Waals surface area contributed by atoms with Crippen LogP contribution in [0.15, 0.2) is 78.1 Å². The molecule has 1 aromatic heterocycles. The van der Waals surface area contributed by atoms with E-state index < -0.39 is 23.6 Å². The number of para-hydroxylation sites is 1. The number of hydrogen-bond donors (Lipinski definition) is 1. The van der Waals surface area contributed by atoms with Crippen molar-refractivity contribution >= 4 is 17.3 Å². The van der Waals surface area contributed by atoms with Crippen molar-refractivity contribution in [1.82, 2.24) is 4.98 Å². The molecule has 1 unspecified atom stereocenters. The summed E-state index contributed by atoms with van der Waals surface area (Å²) in [5.74, 6) is -1.65. The highest BCUT2D eigenvalue weighted by atomic mass is 19.4. The molecule has 0 saturated carbocycles. The number of likely N-dealkylation sites (N-methyl/N-ethyl adjacent to an activating group) is 1. The van der Waals surface area contributed by atoms with Gasteiger partial charge in [-0.3, -0.25) is 0 Å². The van der Waals surface area contributed by atoms with E-state index in [1.165, 1.54) is 24.4 Å². The maximum Gasteiger partial charge on any atom is 0.416 e. The summed E-state index contributed by atoms with van der Waals surface area (Å²) in [6.07, 6.45) is -3.40. The van der Waals surface area contributed by atoms with Gasteiger partial charge in [-0.2, -0.15) is 13.2 Å². The number of alkyl halides is 3. The molecule has 1 atom stereocenters. The number of pyridine rings is 1. The minimum absolute atomic E-state index is 0.0455. The van der Waals surface area contributed by atoms with Crippen molar-refractivity contribution in [2.24, 2.45) is 0 Å². The number of allylic oxidation sites excluding steroid dienone is 1. The summed E-state index contributed by atoms with van der Waals surface area (Å²) in [6.45, 7) is 5.70. The number of ether oxygens (including phenoxy) is 2. The lowest BCUT2D eigenvalue weighted by molar-refractivity contribution is -0.140. The zero-order valence-electron chi connectivity index (χ0n) is 21.7. The minimum Gasteiger partial charge on any atom is -0.475 e. The number of rotatable bonds is 8. The van der Waals surface area contributed by atoms with Crippen LogP contribution in [0, 0.1) is 0 Å². The summed E-state index contributed by atoms with van der Waals surface area (Å²) in [5, 5.41) is 3.15. The van der Waals surface area contributed by atoms with E-state index in [4.69, 9.17) is 9.47 Å². The zero-order chi connectivity index (χ0) is 27.4. The monoisotopic (exact) mass is 525 g/mol. The first-order valence-corrected chi connectivity index (χ1v) is 12.3. The van der Waals surface area contributed by atoms with Crippen LogP contribution >= 0.6 is 0 Å². The summed E-state index contributed by atoms with van der Waals surface area (Å²) in [5.41, 5.74) is 1.41. The van der Waals surface area contributed by atoms with Crippen LogP contribution in [0.4, 0.5) is 24.5 Å². The van der Waals surface area contributed by atoms with Gasteiger partial charge in [-0.25, -0.2) is 9.78 Å². The van der Waals surface area contributed by atoms with Crippen LogP contribution in [-0.4, -0.2) is 37.3 Å². The van der Waals surface area contributed by atoms with Gasteiger partial charge in [0.2, 0.25) is 5.88 Å². The van der Waals surface area contributed by atoms with Gasteiger partial charge >= 0.3 is 12.1 Å². The Balaban J connectivity index is 1.74. The molecule has 0 saturated heterocycles. The summed E-state index contributed by atoms with van der Waals surface area (Å²) in [6, 6.07) is 16.5. The fourth-order valence-electron chi connectivity index (χ4n) is 4.54. The second-order valence-electron chi connectivity index (χ2n) is 9.32. The number of carbonyl (C=O) groups excluding carboxylic acids is 1. The highest BCUT2D eigenvalue weighted by Gasteiger charge is 2.42. The van der Waals surface area contributed by atoms with Crippen molar-refractivity contribution in [2.45, 2.75) is 39.0 Å². The van der Waals surface area contributed by atoms with Crippen LogP contribution < -0.4 is 15.0 Å². The molecule has 0 spiro atoms. The number of anilines is 2. The number of hydrogen-bond acceptors (Lipinski definition) is 6. The van der Waals surface area contributed by atoms with E-state index in [-0.39, 0.29) is 29.7 Å². The number of fused-ring (bicyclic) bond motifs is 1. The van der Waals surface area contributed by atoms with Gasteiger partial charge in [-0.05, 0) is 50.6 Å². The standard InChI is InChI=1S/C29H30F3N3O3/c1-18(2)38-27-26-23(14-15-33-27)34-19(3)24(25(26)21-12-8-9-13-22(21)29(30,31)32)28(36)37-17-16-35(4)20-10-6-5-7-11-20/h5-15,18,25,34H,16-17H2,1-4H3. The number of halogens is 3. The first kappa shape index (κ1) is 27.0. The number of esters is 1. The number of carbonyl (C=O) groups is 1. The Labute approximate surface area is 220 Å². The average Bonchev–Trinajstić information content (AvgIpc) is 2.87. The van der Waals surface area contributed by atoms with Crippen LogP contribution in [0.3, 0.4) is 0 Å². The molecule has 0 radical (unpaired) electrons. The van der Waals surface area contributed by atoms with Gasteiger partial charge in [0.15, 0.2) is 0 Å². The van der Waals surface area contributed by atoms with E-state index >= 15 is 0 Å². The normalized spacial score (nSPS) is 15.1. The lowest BCUT2D eigenvalue weighted by Gasteiger charge is -2.32. The van der Waals surface area contributed by atoms with Gasteiger partial charge in [0, 0.05) is 35.9 Å². The number of nitrogens with one attached hydrogen (secondary N) is 1. The minimum atomic E-state index is -4.63. The summed E-state index contributed by atoms with van der Waals surface area (Å²) >= 11 is 0. The molecule has 2 heterocycles. The summed E-state index contributed by atoms with van der Waals surface area (Å²) in [4.78, 5) is 19.8. The summed E-state index contributed by atoms with van der Waals surface area (Å²) < 4.78 is 54.0. The van der Waals surface area contributed by atoms with Crippen LogP contribution in [-0.2, 0) is 15.7 Å². The molecule has 0 aliphatic carbocycles. The van der Waals surface area contributed by atoms with Gasteiger partial charge < -0.3 is 19.7 Å². The Morgan fingerprint density at radius 1 is 1.08 bits per heavy atom. The smallest absolute Gasteiger partial charge is 0.416 e. The van der Waals surface area contributed by atoms with E-state index in [0.29, 0.717) is 23.5 Å². The molecule has 200 valence electrons. The highest BCUT2D eigenvalue weighted by molar-refractivity contribution is 5.95. The highest BCUT2D eigenvalue weighted by Crippen LogP contribution is 2.49. The molecular weight excluding hydrogens is 495 g/mol. The topological polar surface area (TPSA) is 63.7 Å². The largest absolute Gasteiger partial charge is 0.475 e. The van der Waals surface area contributed by atoms with Gasteiger partial charge in [0.1, 0.15) is 6.61 Å². The predicted octanol–water partition coefficient (Wildman–Crippen LogP) is 6.40. The second kappa shape index (κ2) is 11.2. The van der Waals surface area contributed by atoms with Crippen molar-refractivity contribution in [1.29, 1.82) is 0 Å². The van der Waals surface area contributed by atoms with Crippen LogP contribution in [0.2, 0.25) is 0 Å². The Morgan fingerprint density at radius 2 is 1.76 bits per heavy atom. The molecule has 1 aliphatic heterocycles. The molecule has 6 nitrogen and oxygen atoms in total. The Kier molecular flexibility index (Phi) is 7.94. The first-order chi connectivity index (χ1) is 18.1. The van der Waals surface area contributed by atoms with Crippen LogP contribution in [0.25, 0.3) is 0 Å². The molecule has 0 bridgehead atoms. The fourth-order valence-corrected chi connectivity index (χ4v) is 4.54. The second-order valence-corrected chi connectivity index (χ2v) is 9.32. The number of aromatic nitrogens is 1. The molecule has 2 aromatic carbocycles. The predicted molar refractivity (Wildman–Crippen MR) is 140 cm³/mol. The molecule has 1 N–H and O–H groups in total. The molecule has 3 aromatic rings. The van der Waals surface area contributed by atoms with E-state index in [1.54, 1.807) is 26.8 Å². The van der Waals surface area contributed by atoms with Crippen molar-refractivity contribution in [2.75, 3.05) is 30.4 Å². The van der Waals surface area contributed by atoms with E-state index in [9.17, 15) is 18.0 Å². The molecular formula is C29H30F3N3O3. The van der Waals surface area contributed by atoms with E-state index in [1.807, 2.05) is 42.3 Å². The lowest BCUT2D eigenvalue weighted by Crippen LogP contribution is -2.29. The molecule has 4 rings (SSSR count). The van der Waals surface area contributed by atoms with Gasteiger partial charge in [-0.15, -0.1) is 0 Å². The van der Waals surface area contributed by atoms with E-state index in [2.05, 4.69) is 10.3 Å². The van der Waals surface area contributed by atoms with Gasteiger partial charge in [0.25, 0.3) is 0 Å². The molecule has 38 heavy (non-hydrogen) atoms. The molecule has 9 heteroatoms. The van der Waals surface area contributed by atoms with E-state index in [0.717, 1.165) is 11.8 Å². The van der Waals surface area contributed by atoms with Crippen LogP contribution in [0.1, 0.15) is 43.4 Å². The Hall–Kier alpha value is -4.01. The van der Waals surface area contributed by atoms with Crippen molar-refractivity contribution in [3.05, 3.63) is 94.8 Å².